The molecule has 0 saturated heterocycles. The molecule has 0 aromatic carbocycles. The van der Waals surface area contributed by atoms with E-state index in [9.17, 15) is 5.11 Å². The topological polar surface area (TPSA) is 55.5 Å². The third-order valence-corrected chi connectivity index (χ3v) is 3.28. The van der Waals surface area contributed by atoms with Gasteiger partial charge in [0.25, 0.3) is 0 Å². The van der Waals surface area contributed by atoms with Gasteiger partial charge in [0.05, 0.1) is 6.61 Å². The molecular weight excluding hydrogens is 178 g/mol. The number of allylic oxidation sites excluding steroid dienone is 1. The number of ether oxygens (including phenoxy) is 1. The molecule has 1 fully saturated rings. The molecule has 0 aromatic heterocycles. The molecule has 0 spiro atoms. The Morgan fingerprint density at radius 2 is 2.36 bits per heavy atom. The van der Waals surface area contributed by atoms with Crippen molar-refractivity contribution in [3.8, 4) is 0 Å². The van der Waals surface area contributed by atoms with Crippen molar-refractivity contribution in [1.29, 1.82) is 0 Å². The van der Waals surface area contributed by atoms with E-state index in [1.165, 1.54) is 0 Å². The Morgan fingerprint density at radius 3 is 2.86 bits per heavy atom. The summed E-state index contributed by atoms with van der Waals surface area (Å²) in [7, 11) is 0. The Morgan fingerprint density at radius 1 is 1.64 bits per heavy atom. The molecule has 1 aliphatic heterocycles. The maximum absolute atomic E-state index is 10.1. The average Bonchev–Trinajstić information content (AvgIpc) is 3.01. The minimum atomic E-state index is -0.629. The highest BCUT2D eigenvalue weighted by Crippen LogP contribution is 2.41. The first kappa shape index (κ1) is 9.99. The number of aliphatic hydroxyl groups is 1. The third kappa shape index (κ3) is 1.79. The van der Waals surface area contributed by atoms with E-state index in [0.717, 1.165) is 25.7 Å². The highest BCUT2D eigenvalue weighted by atomic mass is 16.5. The van der Waals surface area contributed by atoms with E-state index in [1.807, 2.05) is 13.0 Å². The van der Waals surface area contributed by atoms with Crippen LogP contribution in [0.2, 0.25) is 0 Å². The van der Waals surface area contributed by atoms with Crippen molar-refractivity contribution in [1.82, 2.24) is 0 Å². The summed E-state index contributed by atoms with van der Waals surface area (Å²) >= 11 is 0. The molecule has 14 heavy (non-hydrogen) atoms. The van der Waals surface area contributed by atoms with Crippen LogP contribution in [0.15, 0.2) is 11.8 Å². The Labute approximate surface area is 84.9 Å². The second-order valence-corrected chi connectivity index (χ2v) is 4.64. The monoisotopic (exact) mass is 197 g/mol. The van der Waals surface area contributed by atoms with E-state index in [1.54, 1.807) is 0 Å². The van der Waals surface area contributed by atoms with E-state index in [4.69, 9.17) is 10.5 Å². The van der Waals surface area contributed by atoms with Crippen molar-refractivity contribution in [2.24, 2.45) is 11.7 Å². The molecule has 2 atom stereocenters. The van der Waals surface area contributed by atoms with Crippen molar-refractivity contribution in [2.75, 3.05) is 6.61 Å². The van der Waals surface area contributed by atoms with Crippen LogP contribution in [0.5, 0.6) is 0 Å². The molecule has 1 heterocycles. The molecule has 2 unspecified atom stereocenters. The molecule has 3 nitrogen and oxygen atoms in total. The second kappa shape index (κ2) is 3.55. The fraction of sp³-hybridized carbons (Fsp3) is 0.818. The predicted molar refractivity (Wildman–Crippen MR) is 54.6 cm³/mol. The van der Waals surface area contributed by atoms with Crippen LogP contribution in [0, 0.1) is 5.92 Å². The largest absolute Gasteiger partial charge is 0.495 e. The highest BCUT2D eigenvalue weighted by molar-refractivity contribution is 5.14. The standard InChI is InChI=1S/C11H19NO2/c1-11(12,8-5-6-8)10(13)9-4-2-3-7-14-9/h4,8,10,13H,2-3,5-7,12H2,1H3. The molecule has 80 valence electrons. The fourth-order valence-electron chi connectivity index (χ4n) is 2.00. The van der Waals surface area contributed by atoms with E-state index in [0.29, 0.717) is 18.3 Å². The van der Waals surface area contributed by atoms with Gasteiger partial charge in [-0.05, 0) is 44.6 Å². The quantitative estimate of drug-likeness (QED) is 0.714. The fourth-order valence-corrected chi connectivity index (χ4v) is 2.00. The van der Waals surface area contributed by atoms with E-state index >= 15 is 0 Å². The van der Waals surface area contributed by atoms with Gasteiger partial charge in [-0.2, -0.15) is 0 Å². The summed E-state index contributed by atoms with van der Waals surface area (Å²) in [5.74, 6) is 1.15. The maximum atomic E-state index is 10.1. The number of hydrogen-bond acceptors (Lipinski definition) is 3. The molecule has 2 rings (SSSR count). The number of nitrogens with two attached hydrogens (primary N) is 1. The molecule has 1 aliphatic carbocycles. The van der Waals surface area contributed by atoms with Gasteiger partial charge in [-0.15, -0.1) is 0 Å². The van der Waals surface area contributed by atoms with Gasteiger partial charge in [0.15, 0.2) is 0 Å². The van der Waals surface area contributed by atoms with Gasteiger partial charge in [-0.25, -0.2) is 0 Å². The highest BCUT2D eigenvalue weighted by Gasteiger charge is 2.45. The van der Waals surface area contributed by atoms with Crippen LogP contribution in [0.25, 0.3) is 0 Å². The summed E-state index contributed by atoms with van der Waals surface area (Å²) in [4.78, 5) is 0. The molecule has 0 radical (unpaired) electrons. The second-order valence-electron chi connectivity index (χ2n) is 4.64. The zero-order chi connectivity index (χ0) is 10.2. The smallest absolute Gasteiger partial charge is 0.128 e. The summed E-state index contributed by atoms with van der Waals surface area (Å²) in [6.07, 6.45) is 5.65. The number of aliphatic hydroxyl groups excluding tert-OH is 1. The summed E-state index contributed by atoms with van der Waals surface area (Å²) in [6, 6.07) is 0. The number of hydrogen-bond donors (Lipinski definition) is 2. The molecule has 3 N–H and O–H groups in total. The van der Waals surface area contributed by atoms with Crippen LogP contribution < -0.4 is 5.73 Å². The van der Waals surface area contributed by atoms with Crippen LogP contribution >= 0.6 is 0 Å². The molecule has 2 aliphatic rings. The van der Waals surface area contributed by atoms with Crippen molar-refractivity contribution in [3.63, 3.8) is 0 Å². The zero-order valence-electron chi connectivity index (χ0n) is 8.70. The first-order chi connectivity index (χ1) is 6.62. The van der Waals surface area contributed by atoms with Crippen molar-refractivity contribution in [2.45, 2.75) is 44.2 Å². The molecule has 1 saturated carbocycles. The lowest BCUT2D eigenvalue weighted by atomic mass is 9.88. The van der Waals surface area contributed by atoms with Crippen molar-refractivity contribution >= 4 is 0 Å². The minimum Gasteiger partial charge on any atom is -0.495 e. The lowest BCUT2D eigenvalue weighted by molar-refractivity contribution is 0.0391. The zero-order valence-corrected chi connectivity index (χ0v) is 8.70. The van der Waals surface area contributed by atoms with Gasteiger partial charge in [-0.3, -0.25) is 0 Å². The Hall–Kier alpha value is -0.540. The summed E-state index contributed by atoms with van der Waals surface area (Å²) in [5, 5.41) is 10.1. The molecular formula is C11H19NO2. The molecule has 0 bridgehead atoms. The van der Waals surface area contributed by atoms with Crippen LogP contribution in [-0.2, 0) is 4.74 Å². The summed E-state index contributed by atoms with van der Waals surface area (Å²) in [6.45, 7) is 2.64. The van der Waals surface area contributed by atoms with Crippen LogP contribution in [-0.4, -0.2) is 23.4 Å². The summed E-state index contributed by atoms with van der Waals surface area (Å²) < 4.78 is 5.44. The lowest BCUT2D eigenvalue weighted by Crippen LogP contribution is -2.51. The van der Waals surface area contributed by atoms with Gasteiger partial charge in [0.1, 0.15) is 11.9 Å². The lowest BCUT2D eigenvalue weighted by Gasteiger charge is -2.33. The van der Waals surface area contributed by atoms with E-state index in [-0.39, 0.29) is 0 Å². The Balaban J connectivity index is 2.05. The van der Waals surface area contributed by atoms with Crippen molar-refractivity contribution < 1.29 is 9.84 Å². The normalized spacial score (nSPS) is 28.6. The first-order valence-corrected chi connectivity index (χ1v) is 5.42. The van der Waals surface area contributed by atoms with Crippen LogP contribution in [0.4, 0.5) is 0 Å². The van der Waals surface area contributed by atoms with Crippen LogP contribution in [0.1, 0.15) is 32.6 Å². The van der Waals surface area contributed by atoms with E-state index < -0.39 is 11.6 Å². The first-order valence-electron chi connectivity index (χ1n) is 5.42. The van der Waals surface area contributed by atoms with Gasteiger partial charge < -0.3 is 15.6 Å². The Bertz CT molecular complexity index is 244. The predicted octanol–water partition coefficient (Wildman–Crippen LogP) is 1.17. The van der Waals surface area contributed by atoms with Gasteiger partial charge in [-0.1, -0.05) is 0 Å². The van der Waals surface area contributed by atoms with E-state index in [2.05, 4.69) is 0 Å². The SMILES string of the molecule is CC(N)(C1CC1)C(O)C1=CCCCO1. The van der Waals surface area contributed by atoms with Gasteiger partial charge in [0, 0.05) is 5.54 Å². The van der Waals surface area contributed by atoms with Gasteiger partial charge >= 0.3 is 0 Å². The maximum Gasteiger partial charge on any atom is 0.128 e. The Kier molecular flexibility index (Phi) is 2.54. The number of rotatable bonds is 3. The van der Waals surface area contributed by atoms with Crippen molar-refractivity contribution in [3.05, 3.63) is 11.8 Å². The third-order valence-electron chi connectivity index (χ3n) is 3.28. The average molecular weight is 197 g/mol. The van der Waals surface area contributed by atoms with Gasteiger partial charge in [0.2, 0.25) is 0 Å². The molecule has 3 heteroatoms. The molecule has 0 aromatic rings. The van der Waals surface area contributed by atoms with Crippen LogP contribution in [0.3, 0.4) is 0 Å². The minimum absolute atomic E-state index is 0.462. The molecule has 0 amide bonds. The summed E-state index contributed by atoms with van der Waals surface area (Å²) in [5.41, 5.74) is 5.61.